The van der Waals surface area contributed by atoms with E-state index in [0.717, 1.165) is 40.2 Å². The number of hydrogen-bond donors (Lipinski definition) is 1. The molecular formula is C22H25ClN3O3S2+. The number of fused-ring (bicyclic) bond motifs is 1. The third-order valence-electron chi connectivity index (χ3n) is 5.90. The number of sulfone groups is 1. The van der Waals surface area contributed by atoms with Gasteiger partial charge in [0.1, 0.15) is 6.20 Å². The number of piperidine rings is 1. The maximum absolute atomic E-state index is 13.4. The van der Waals surface area contributed by atoms with Crippen molar-refractivity contribution < 1.29 is 13.2 Å². The molecular weight excluding hydrogens is 454 g/mol. The molecule has 1 N–H and O–H groups in total. The molecule has 0 unspecified atom stereocenters. The van der Waals surface area contributed by atoms with Crippen molar-refractivity contribution in [3.8, 4) is 0 Å². The van der Waals surface area contributed by atoms with E-state index in [4.69, 9.17) is 11.6 Å². The molecule has 2 heterocycles. The number of likely N-dealkylation sites (tertiary alicyclic amines) is 1. The summed E-state index contributed by atoms with van der Waals surface area (Å²) in [6, 6.07) is 10.3. The van der Waals surface area contributed by atoms with E-state index in [1.807, 2.05) is 0 Å². The Hall–Kier alpha value is -2.00. The summed E-state index contributed by atoms with van der Waals surface area (Å²) in [5, 5.41) is 6.95. The van der Waals surface area contributed by atoms with E-state index < -0.39 is 9.84 Å². The van der Waals surface area contributed by atoms with Crippen molar-refractivity contribution in [3.63, 3.8) is 0 Å². The van der Waals surface area contributed by atoms with Gasteiger partial charge in [0.15, 0.2) is 15.0 Å². The molecule has 0 radical (unpaired) electrons. The smallest absolute Gasteiger partial charge is 0.320 e. The van der Waals surface area contributed by atoms with E-state index in [9.17, 15) is 13.2 Å². The second-order valence-corrected chi connectivity index (χ2v) is 11.4. The number of aromatic nitrogens is 1. The number of thiazole rings is 1. The minimum Gasteiger partial charge on any atom is -0.364 e. The summed E-state index contributed by atoms with van der Waals surface area (Å²) in [6.07, 6.45) is 4.71. The first-order valence-electron chi connectivity index (χ1n) is 10.3. The molecule has 3 aromatic rings. The summed E-state index contributed by atoms with van der Waals surface area (Å²) in [6.45, 7) is 1.39. The molecule has 4 rings (SSSR count). The molecule has 1 aliphatic rings. The van der Waals surface area contributed by atoms with Crippen LogP contribution < -0.4 is 9.80 Å². The van der Waals surface area contributed by atoms with Crippen LogP contribution in [0, 0.1) is 0 Å². The maximum Gasteiger partial charge on any atom is 0.320 e. The van der Waals surface area contributed by atoms with Gasteiger partial charge in [0.2, 0.25) is 5.00 Å². The Balaban J connectivity index is 1.56. The van der Waals surface area contributed by atoms with Crippen LogP contribution in [0.5, 0.6) is 0 Å². The van der Waals surface area contributed by atoms with E-state index in [-0.39, 0.29) is 27.5 Å². The van der Waals surface area contributed by atoms with Crippen LogP contribution in [0.3, 0.4) is 0 Å². The van der Waals surface area contributed by atoms with Crippen molar-refractivity contribution in [1.82, 2.24) is 9.47 Å². The minimum atomic E-state index is -3.59. The normalized spacial score (nSPS) is 16.3. The van der Waals surface area contributed by atoms with Crippen LogP contribution in [0.25, 0.3) is 10.8 Å². The van der Waals surface area contributed by atoms with Gasteiger partial charge in [-0.05, 0) is 65.6 Å². The molecule has 1 aliphatic heterocycles. The third-order valence-corrected chi connectivity index (χ3v) is 9.02. The molecule has 0 saturated carbocycles. The number of quaternary nitrogens is 1. The molecule has 6 nitrogen and oxygen atoms in total. The van der Waals surface area contributed by atoms with E-state index in [2.05, 4.69) is 10.3 Å². The zero-order valence-electron chi connectivity index (χ0n) is 17.3. The minimum absolute atomic E-state index is 0.0201. The quantitative estimate of drug-likeness (QED) is 0.511. The number of nitrogens with zero attached hydrogens (tertiary/aromatic N) is 2. The number of nitrogens with one attached hydrogen (secondary N) is 1. The predicted molar refractivity (Wildman–Crippen MR) is 128 cm³/mol. The fraction of sp³-hybridized carbons (Fsp3) is 0.364. The number of anilines is 1. The molecule has 0 aliphatic carbocycles. The van der Waals surface area contributed by atoms with Gasteiger partial charge in [-0.1, -0.05) is 23.7 Å². The summed E-state index contributed by atoms with van der Waals surface area (Å²) in [4.78, 5) is 18.0. The Kier molecular flexibility index (Phi) is 6.35. The van der Waals surface area contributed by atoms with Crippen molar-refractivity contribution in [2.75, 3.05) is 31.2 Å². The van der Waals surface area contributed by atoms with Gasteiger partial charge in [0.25, 0.3) is 0 Å². The number of amides is 1. The summed E-state index contributed by atoms with van der Waals surface area (Å²) in [5.74, 6) is -0.259. The highest BCUT2D eigenvalue weighted by molar-refractivity contribution is 7.91. The molecule has 0 spiro atoms. The van der Waals surface area contributed by atoms with Crippen LogP contribution in [0.2, 0.25) is 5.02 Å². The Morgan fingerprint density at radius 3 is 2.55 bits per heavy atom. The lowest BCUT2D eigenvalue weighted by molar-refractivity contribution is -0.130. The number of rotatable bonds is 6. The highest BCUT2D eigenvalue weighted by Crippen LogP contribution is 2.36. The zero-order chi connectivity index (χ0) is 22.1. The second-order valence-electron chi connectivity index (χ2n) is 7.85. The summed E-state index contributed by atoms with van der Waals surface area (Å²) in [7, 11) is -1.79. The largest absolute Gasteiger partial charge is 0.364 e. The molecule has 9 heteroatoms. The molecule has 1 aromatic heterocycles. The van der Waals surface area contributed by atoms with E-state index >= 15 is 0 Å². The van der Waals surface area contributed by atoms with Crippen LogP contribution in [0.4, 0.5) is 10.1 Å². The molecule has 1 amide bonds. The van der Waals surface area contributed by atoms with Gasteiger partial charge >= 0.3 is 5.91 Å². The van der Waals surface area contributed by atoms with Crippen LogP contribution in [0.15, 0.2) is 47.5 Å². The topological polar surface area (TPSA) is 76.1 Å². The van der Waals surface area contributed by atoms with Gasteiger partial charge in [0.05, 0.1) is 30.2 Å². The van der Waals surface area contributed by atoms with Gasteiger partial charge in [-0.25, -0.2) is 22.7 Å². The van der Waals surface area contributed by atoms with Crippen LogP contribution in [-0.2, 0) is 14.6 Å². The average Bonchev–Trinajstić information content (AvgIpc) is 3.27. The molecule has 0 atom stereocenters. The van der Waals surface area contributed by atoms with Gasteiger partial charge in [-0.2, -0.15) is 0 Å². The van der Waals surface area contributed by atoms with E-state index in [1.165, 1.54) is 11.3 Å². The van der Waals surface area contributed by atoms with Gasteiger partial charge in [0, 0.05) is 12.1 Å². The Morgan fingerprint density at radius 2 is 1.84 bits per heavy atom. The van der Waals surface area contributed by atoms with Crippen LogP contribution in [-0.4, -0.2) is 45.2 Å². The molecule has 1 fully saturated rings. The third kappa shape index (κ3) is 4.48. The van der Waals surface area contributed by atoms with Crippen LogP contribution in [0.1, 0.15) is 25.7 Å². The number of benzene rings is 2. The highest BCUT2D eigenvalue weighted by Gasteiger charge is 2.42. The lowest BCUT2D eigenvalue weighted by Crippen LogP contribution is -2.57. The predicted octanol–water partition coefficient (Wildman–Crippen LogP) is 4.87. The van der Waals surface area contributed by atoms with Crippen LogP contribution >= 0.6 is 22.9 Å². The average molecular weight is 479 g/mol. The molecule has 31 heavy (non-hydrogen) atoms. The van der Waals surface area contributed by atoms with Gasteiger partial charge < -0.3 is 5.32 Å². The Labute approximate surface area is 191 Å². The monoisotopic (exact) mass is 478 g/mol. The summed E-state index contributed by atoms with van der Waals surface area (Å²) < 4.78 is 26.2. The van der Waals surface area contributed by atoms with Crippen molar-refractivity contribution >= 4 is 59.6 Å². The van der Waals surface area contributed by atoms with Crippen molar-refractivity contribution in [1.29, 1.82) is 0 Å². The highest BCUT2D eigenvalue weighted by atomic mass is 35.5. The van der Waals surface area contributed by atoms with Gasteiger partial charge in [-0.15, -0.1) is 0 Å². The molecule has 1 saturated heterocycles. The number of carbonyl (C=O) groups is 1. The molecule has 0 bridgehead atoms. The fourth-order valence-corrected chi connectivity index (χ4v) is 6.58. The van der Waals surface area contributed by atoms with E-state index in [0.29, 0.717) is 18.1 Å². The number of halogens is 1. The lowest BCUT2D eigenvalue weighted by Gasteiger charge is -2.36. The lowest BCUT2D eigenvalue weighted by atomic mass is 10.1. The number of hydrogen-bond acceptors (Lipinski definition) is 6. The zero-order valence-corrected chi connectivity index (χ0v) is 19.7. The standard InChI is InChI=1S/C22H25ClN3O3S2/c1-24-22-25-15-21(30-22)26(10-3-2-4-11-26)20(27)9-12-31(28,29)19-8-6-16-13-18(23)7-5-17(16)14-19/h5-8,13-15H,2-4,9-12H2,1H3,(H,24,25)/q+1. The van der Waals surface area contributed by atoms with Gasteiger partial charge in [-0.3, -0.25) is 0 Å². The van der Waals surface area contributed by atoms with Crippen molar-refractivity contribution in [2.24, 2.45) is 0 Å². The molecule has 164 valence electrons. The SMILES string of the molecule is CNc1ncc([N+]2(C(=O)CCS(=O)(=O)c3ccc4cc(Cl)ccc4c3)CCCCC2)s1. The first-order chi connectivity index (χ1) is 14.8. The Morgan fingerprint density at radius 1 is 1.13 bits per heavy atom. The molecule has 2 aromatic carbocycles. The summed E-state index contributed by atoms with van der Waals surface area (Å²) >= 11 is 7.48. The first kappa shape index (κ1) is 22.2. The number of carbonyl (C=O) groups excluding carboxylic acids is 1. The first-order valence-corrected chi connectivity index (χ1v) is 13.2. The van der Waals surface area contributed by atoms with Crippen molar-refractivity contribution in [2.45, 2.75) is 30.6 Å². The Bertz CT molecular complexity index is 1220. The summed E-state index contributed by atoms with van der Waals surface area (Å²) in [5.41, 5.74) is 0. The maximum atomic E-state index is 13.4. The van der Waals surface area contributed by atoms with E-state index in [1.54, 1.807) is 49.6 Å². The van der Waals surface area contributed by atoms with Crippen molar-refractivity contribution in [3.05, 3.63) is 47.6 Å². The second kappa shape index (κ2) is 8.86. The fourth-order valence-electron chi connectivity index (χ4n) is 4.17.